The Morgan fingerprint density at radius 2 is 1.93 bits per heavy atom. The molecular formula is C20H25ClN4O3. The molecule has 0 radical (unpaired) electrons. The van der Waals surface area contributed by atoms with Gasteiger partial charge in [0.05, 0.1) is 7.11 Å². The summed E-state index contributed by atoms with van der Waals surface area (Å²) in [6, 6.07) is 9.43. The summed E-state index contributed by atoms with van der Waals surface area (Å²) in [6.45, 7) is 4.25. The molecule has 1 amide bonds. The molecule has 2 heterocycles. The van der Waals surface area contributed by atoms with Gasteiger partial charge in [-0.15, -0.1) is 0 Å². The number of carbonyl (C=O) groups excluding carboxylic acids is 1. The largest absolute Gasteiger partial charge is 0.493 e. The number of aromatic nitrogens is 1. The van der Waals surface area contributed by atoms with E-state index in [4.69, 9.17) is 21.1 Å². The van der Waals surface area contributed by atoms with Crippen molar-refractivity contribution in [2.24, 2.45) is 0 Å². The zero-order valence-corrected chi connectivity index (χ0v) is 17.1. The highest BCUT2D eigenvalue weighted by molar-refractivity contribution is 6.31. The summed E-state index contributed by atoms with van der Waals surface area (Å²) in [4.78, 5) is 22.3. The number of piperazine rings is 1. The molecule has 1 fully saturated rings. The maximum absolute atomic E-state index is 11.9. The standard InChI is InChI=1S/C20H25ClN4O3/c1-23(2)20(26)28-18-12-15(16(21)13-17(18)27-3)14-24-8-10-25(11-9-24)19-6-4-5-7-22-19/h4-7,12-13H,8-11,14H2,1-3H3. The molecule has 0 aliphatic carbocycles. The Bertz CT molecular complexity index is 809. The lowest BCUT2D eigenvalue weighted by Gasteiger charge is -2.35. The van der Waals surface area contributed by atoms with E-state index in [9.17, 15) is 4.79 Å². The molecule has 0 unspecified atom stereocenters. The van der Waals surface area contributed by atoms with E-state index in [1.807, 2.05) is 24.4 Å². The number of amides is 1. The fourth-order valence-corrected chi connectivity index (χ4v) is 3.25. The van der Waals surface area contributed by atoms with Crippen LogP contribution >= 0.6 is 11.6 Å². The summed E-state index contributed by atoms with van der Waals surface area (Å²) in [6.07, 6.45) is 1.35. The minimum absolute atomic E-state index is 0.368. The zero-order valence-electron chi connectivity index (χ0n) is 16.4. The molecule has 150 valence electrons. The molecule has 0 spiro atoms. The monoisotopic (exact) mass is 404 g/mol. The lowest BCUT2D eigenvalue weighted by Crippen LogP contribution is -2.46. The van der Waals surface area contributed by atoms with Crippen molar-refractivity contribution in [2.75, 3.05) is 52.3 Å². The van der Waals surface area contributed by atoms with Gasteiger partial charge in [-0.05, 0) is 23.8 Å². The number of nitrogens with zero attached hydrogens (tertiary/aromatic N) is 4. The molecule has 0 saturated carbocycles. The van der Waals surface area contributed by atoms with Crippen molar-refractivity contribution in [3.05, 3.63) is 47.1 Å². The van der Waals surface area contributed by atoms with Crippen molar-refractivity contribution < 1.29 is 14.3 Å². The summed E-state index contributed by atoms with van der Waals surface area (Å²) in [7, 11) is 4.79. The molecule has 0 atom stereocenters. The van der Waals surface area contributed by atoms with Gasteiger partial charge in [0.2, 0.25) is 0 Å². The normalized spacial score (nSPS) is 14.6. The van der Waals surface area contributed by atoms with Crippen LogP contribution in [0, 0.1) is 0 Å². The summed E-state index contributed by atoms with van der Waals surface area (Å²) < 4.78 is 10.7. The van der Waals surface area contributed by atoms with Crippen molar-refractivity contribution in [1.29, 1.82) is 0 Å². The Morgan fingerprint density at radius 3 is 2.54 bits per heavy atom. The average molecular weight is 405 g/mol. The molecule has 1 aromatic carbocycles. The average Bonchev–Trinajstić information content (AvgIpc) is 2.71. The molecule has 1 aromatic heterocycles. The van der Waals surface area contributed by atoms with Crippen LogP contribution in [0.25, 0.3) is 0 Å². The Labute approximate surface area is 170 Å². The van der Waals surface area contributed by atoms with E-state index in [-0.39, 0.29) is 0 Å². The predicted molar refractivity (Wildman–Crippen MR) is 109 cm³/mol. The number of methoxy groups -OCH3 is 1. The smallest absolute Gasteiger partial charge is 0.414 e. The van der Waals surface area contributed by atoms with E-state index in [2.05, 4.69) is 14.8 Å². The van der Waals surface area contributed by atoms with Gasteiger partial charge in [-0.25, -0.2) is 9.78 Å². The number of rotatable bonds is 5. The van der Waals surface area contributed by atoms with Gasteiger partial charge in [0, 0.05) is 64.1 Å². The molecular weight excluding hydrogens is 380 g/mol. The van der Waals surface area contributed by atoms with E-state index in [0.717, 1.165) is 37.6 Å². The van der Waals surface area contributed by atoms with Crippen LogP contribution in [0.2, 0.25) is 5.02 Å². The van der Waals surface area contributed by atoms with E-state index in [0.29, 0.717) is 23.1 Å². The molecule has 28 heavy (non-hydrogen) atoms. The maximum Gasteiger partial charge on any atom is 0.414 e. The molecule has 0 N–H and O–H groups in total. The van der Waals surface area contributed by atoms with E-state index in [1.165, 1.54) is 12.0 Å². The van der Waals surface area contributed by atoms with E-state index >= 15 is 0 Å². The number of carbonyl (C=O) groups is 1. The number of ether oxygens (including phenoxy) is 2. The summed E-state index contributed by atoms with van der Waals surface area (Å²) in [5.41, 5.74) is 0.898. The predicted octanol–water partition coefficient (Wildman–Crippen LogP) is 3.13. The molecule has 1 aliphatic heterocycles. The summed E-state index contributed by atoms with van der Waals surface area (Å²) in [5.74, 6) is 1.80. The molecule has 8 heteroatoms. The second kappa shape index (κ2) is 9.12. The topological polar surface area (TPSA) is 58.1 Å². The second-order valence-corrected chi connectivity index (χ2v) is 7.22. The van der Waals surface area contributed by atoms with Crippen LogP contribution in [0.4, 0.5) is 10.6 Å². The third-order valence-electron chi connectivity index (χ3n) is 4.63. The van der Waals surface area contributed by atoms with Gasteiger partial charge in [-0.1, -0.05) is 17.7 Å². The highest BCUT2D eigenvalue weighted by atomic mass is 35.5. The highest BCUT2D eigenvalue weighted by Gasteiger charge is 2.21. The van der Waals surface area contributed by atoms with Gasteiger partial charge in [0.1, 0.15) is 5.82 Å². The van der Waals surface area contributed by atoms with Crippen LogP contribution in [0.15, 0.2) is 36.5 Å². The van der Waals surface area contributed by atoms with Crippen LogP contribution < -0.4 is 14.4 Å². The first-order valence-electron chi connectivity index (χ1n) is 9.12. The van der Waals surface area contributed by atoms with Crippen LogP contribution in [0.1, 0.15) is 5.56 Å². The Kier molecular flexibility index (Phi) is 6.59. The lowest BCUT2D eigenvalue weighted by molar-refractivity contribution is 0.170. The number of pyridine rings is 1. The summed E-state index contributed by atoms with van der Waals surface area (Å²) in [5, 5.41) is 0.591. The van der Waals surface area contributed by atoms with Gasteiger partial charge >= 0.3 is 6.09 Å². The van der Waals surface area contributed by atoms with E-state index in [1.54, 1.807) is 26.2 Å². The quantitative estimate of drug-likeness (QED) is 0.763. The molecule has 7 nitrogen and oxygen atoms in total. The lowest BCUT2D eigenvalue weighted by atomic mass is 10.1. The number of halogens is 1. The fourth-order valence-electron chi connectivity index (χ4n) is 3.04. The third kappa shape index (κ3) is 4.85. The Morgan fingerprint density at radius 1 is 1.18 bits per heavy atom. The minimum Gasteiger partial charge on any atom is -0.493 e. The van der Waals surface area contributed by atoms with Crippen molar-refractivity contribution >= 4 is 23.5 Å². The first-order chi connectivity index (χ1) is 13.5. The zero-order chi connectivity index (χ0) is 20.1. The van der Waals surface area contributed by atoms with E-state index < -0.39 is 6.09 Å². The first-order valence-corrected chi connectivity index (χ1v) is 9.49. The fraction of sp³-hybridized carbons (Fsp3) is 0.400. The van der Waals surface area contributed by atoms with Crippen LogP contribution in [0.3, 0.4) is 0 Å². The van der Waals surface area contributed by atoms with Crippen LogP contribution in [-0.2, 0) is 6.54 Å². The van der Waals surface area contributed by atoms with Crippen molar-refractivity contribution in [3.63, 3.8) is 0 Å². The number of hydrogen-bond acceptors (Lipinski definition) is 6. The SMILES string of the molecule is COc1cc(Cl)c(CN2CCN(c3ccccn3)CC2)cc1OC(=O)N(C)C. The maximum atomic E-state index is 11.9. The van der Waals surface area contributed by atoms with Crippen molar-refractivity contribution in [1.82, 2.24) is 14.8 Å². The Balaban J connectivity index is 1.68. The summed E-state index contributed by atoms with van der Waals surface area (Å²) >= 11 is 6.45. The Hall–Kier alpha value is -2.51. The van der Waals surface area contributed by atoms with Crippen molar-refractivity contribution in [3.8, 4) is 11.5 Å². The molecule has 3 rings (SSSR count). The highest BCUT2D eigenvalue weighted by Crippen LogP contribution is 2.34. The third-order valence-corrected chi connectivity index (χ3v) is 4.99. The second-order valence-electron chi connectivity index (χ2n) is 6.81. The van der Waals surface area contributed by atoms with Crippen molar-refractivity contribution in [2.45, 2.75) is 6.54 Å². The van der Waals surface area contributed by atoms with Crippen LogP contribution in [-0.4, -0.2) is 68.3 Å². The molecule has 1 saturated heterocycles. The minimum atomic E-state index is -0.462. The molecule has 1 aliphatic rings. The molecule has 2 aromatic rings. The van der Waals surface area contributed by atoms with Gasteiger partial charge in [-0.3, -0.25) is 4.90 Å². The molecule has 0 bridgehead atoms. The number of anilines is 1. The number of hydrogen-bond donors (Lipinski definition) is 0. The number of benzene rings is 1. The van der Waals surface area contributed by atoms with Gasteiger partial charge < -0.3 is 19.3 Å². The first kappa shape index (κ1) is 20.2. The van der Waals surface area contributed by atoms with Gasteiger partial charge in [-0.2, -0.15) is 0 Å². The van der Waals surface area contributed by atoms with Gasteiger partial charge in [0.15, 0.2) is 11.5 Å². The van der Waals surface area contributed by atoms with Gasteiger partial charge in [0.25, 0.3) is 0 Å². The van der Waals surface area contributed by atoms with Crippen LogP contribution in [0.5, 0.6) is 11.5 Å².